The van der Waals surface area contributed by atoms with E-state index in [1.807, 2.05) is 54.9 Å². The van der Waals surface area contributed by atoms with Gasteiger partial charge in [-0.3, -0.25) is 15.0 Å². The number of para-hydroxylation sites is 2. The van der Waals surface area contributed by atoms with Crippen LogP contribution in [0.3, 0.4) is 0 Å². The number of aromatic nitrogens is 4. The van der Waals surface area contributed by atoms with E-state index in [9.17, 15) is 0 Å². The Kier molecular flexibility index (Phi) is 5.31. The van der Waals surface area contributed by atoms with Crippen molar-refractivity contribution >= 4 is 49.4 Å². The van der Waals surface area contributed by atoms with Crippen LogP contribution < -0.4 is 5.73 Å². The molecule has 4 aromatic heterocycles. The summed E-state index contributed by atoms with van der Waals surface area (Å²) in [7, 11) is 0. The fraction of sp³-hybridized carbons (Fsp3) is 0.143. The van der Waals surface area contributed by atoms with Gasteiger partial charge in [0, 0.05) is 33.9 Å². The molecule has 6 aromatic rings. The Morgan fingerprint density at radius 2 is 1.42 bits per heavy atom. The molecule has 0 fully saturated rings. The van der Waals surface area contributed by atoms with Gasteiger partial charge in [0.2, 0.25) is 0 Å². The Morgan fingerprint density at radius 1 is 0.727 bits per heavy atom. The molecule has 2 N–H and O–H groups in total. The van der Waals surface area contributed by atoms with Crippen LogP contribution in [-0.4, -0.2) is 19.9 Å². The summed E-state index contributed by atoms with van der Waals surface area (Å²) in [5.41, 5.74) is 12.1. The molecule has 0 spiro atoms. The number of nitrogen functional groups attached to an aromatic ring is 1. The molecule has 0 aliphatic carbocycles. The predicted octanol–water partition coefficient (Wildman–Crippen LogP) is 6.58. The second-order valence-corrected chi connectivity index (χ2v) is 8.50. The van der Waals surface area contributed by atoms with Crippen molar-refractivity contribution in [1.29, 1.82) is 0 Å². The zero-order valence-corrected chi connectivity index (χ0v) is 18.9. The topological polar surface area (TPSA) is 77.6 Å². The van der Waals surface area contributed by atoms with Crippen molar-refractivity contribution in [3.63, 3.8) is 0 Å². The van der Waals surface area contributed by atoms with E-state index in [1.165, 1.54) is 21.9 Å². The van der Waals surface area contributed by atoms with E-state index in [0.29, 0.717) is 11.7 Å². The summed E-state index contributed by atoms with van der Waals surface area (Å²) in [4.78, 5) is 17.6. The van der Waals surface area contributed by atoms with Crippen molar-refractivity contribution < 1.29 is 0 Å². The molecule has 0 aliphatic heterocycles. The SMILES string of the molecule is CC(C)c1cnc2cnc3ccccc3c2c1.Cc1ccnc2c(N)nc3ccccc3c12. The van der Waals surface area contributed by atoms with E-state index in [1.54, 1.807) is 6.20 Å². The Hall–Kier alpha value is -4.12. The largest absolute Gasteiger partial charge is 0.382 e. The van der Waals surface area contributed by atoms with Gasteiger partial charge in [0.1, 0.15) is 5.52 Å². The number of nitrogens with two attached hydrogens (primary N) is 1. The van der Waals surface area contributed by atoms with Gasteiger partial charge in [-0.1, -0.05) is 50.2 Å². The summed E-state index contributed by atoms with van der Waals surface area (Å²) >= 11 is 0. The van der Waals surface area contributed by atoms with Crippen molar-refractivity contribution in [2.75, 3.05) is 5.73 Å². The molecule has 162 valence electrons. The Labute approximate surface area is 192 Å². The second kappa shape index (κ2) is 8.43. The van der Waals surface area contributed by atoms with E-state index in [0.717, 1.165) is 32.8 Å². The molecule has 0 amide bonds. The lowest BCUT2D eigenvalue weighted by Crippen LogP contribution is -1.96. The fourth-order valence-corrected chi connectivity index (χ4v) is 4.13. The van der Waals surface area contributed by atoms with Crippen molar-refractivity contribution in [1.82, 2.24) is 19.9 Å². The zero-order chi connectivity index (χ0) is 22.9. The van der Waals surface area contributed by atoms with Gasteiger partial charge in [-0.05, 0) is 48.2 Å². The molecule has 0 aliphatic rings. The van der Waals surface area contributed by atoms with E-state index in [2.05, 4.69) is 58.9 Å². The molecule has 0 saturated heterocycles. The van der Waals surface area contributed by atoms with Crippen molar-refractivity contribution in [3.8, 4) is 0 Å². The second-order valence-electron chi connectivity index (χ2n) is 8.50. The van der Waals surface area contributed by atoms with Crippen molar-refractivity contribution in [2.24, 2.45) is 0 Å². The number of rotatable bonds is 1. The van der Waals surface area contributed by atoms with Gasteiger partial charge >= 0.3 is 0 Å². The maximum absolute atomic E-state index is 5.92. The number of hydrogen-bond donors (Lipinski definition) is 1. The van der Waals surface area contributed by atoms with E-state index in [-0.39, 0.29) is 0 Å². The molecule has 0 unspecified atom stereocenters. The van der Waals surface area contributed by atoms with Crippen LogP contribution in [0, 0.1) is 6.92 Å². The molecule has 5 nitrogen and oxygen atoms in total. The Balaban J connectivity index is 0.000000139. The average Bonchev–Trinajstić information content (AvgIpc) is 2.84. The summed E-state index contributed by atoms with van der Waals surface area (Å²) in [5, 5.41) is 4.59. The van der Waals surface area contributed by atoms with Gasteiger partial charge in [-0.15, -0.1) is 0 Å². The molecule has 5 heteroatoms. The molecule has 0 atom stereocenters. The molecule has 0 saturated carbocycles. The highest BCUT2D eigenvalue weighted by Crippen LogP contribution is 2.28. The van der Waals surface area contributed by atoms with Gasteiger partial charge < -0.3 is 5.73 Å². The maximum Gasteiger partial charge on any atom is 0.150 e. The first-order valence-corrected chi connectivity index (χ1v) is 11.1. The first-order valence-electron chi connectivity index (χ1n) is 11.1. The lowest BCUT2D eigenvalue weighted by molar-refractivity contribution is 0.862. The van der Waals surface area contributed by atoms with Crippen LogP contribution in [0.5, 0.6) is 0 Å². The lowest BCUT2D eigenvalue weighted by atomic mass is 10.0. The van der Waals surface area contributed by atoms with Gasteiger partial charge in [0.05, 0.1) is 22.7 Å². The number of hydrogen-bond acceptors (Lipinski definition) is 5. The van der Waals surface area contributed by atoms with E-state index in [4.69, 9.17) is 5.73 Å². The quantitative estimate of drug-likeness (QED) is 0.298. The lowest BCUT2D eigenvalue weighted by Gasteiger charge is -2.07. The summed E-state index contributed by atoms with van der Waals surface area (Å²) < 4.78 is 0. The molecule has 4 heterocycles. The van der Waals surface area contributed by atoms with Crippen molar-refractivity contribution in [2.45, 2.75) is 26.7 Å². The van der Waals surface area contributed by atoms with Gasteiger partial charge in [0.25, 0.3) is 0 Å². The minimum Gasteiger partial charge on any atom is -0.382 e. The average molecular weight is 432 g/mol. The number of aryl methyl sites for hydroxylation is 1. The molecule has 6 rings (SSSR count). The minimum absolute atomic E-state index is 0.498. The summed E-state index contributed by atoms with van der Waals surface area (Å²) in [5.74, 6) is 0.997. The maximum atomic E-state index is 5.92. The van der Waals surface area contributed by atoms with Crippen LogP contribution in [0.4, 0.5) is 5.82 Å². The van der Waals surface area contributed by atoms with E-state index < -0.39 is 0 Å². The number of pyridine rings is 4. The predicted molar refractivity (Wildman–Crippen MR) is 137 cm³/mol. The highest BCUT2D eigenvalue weighted by atomic mass is 14.9. The summed E-state index contributed by atoms with van der Waals surface area (Å²) in [6.07, 6.45) is 5.57. The van der Waals surface area contributed by atoms with Crippen LogP contribution in [0.1, 0.15) is 30.9 Å². The first-order chi connectivity index (χ1) is 16.0. The van der Waals surface area contributed by atoms with Crippen LogP contribution in [-0.2, 0) is 0 Å². The summed E-state index contributed by atoms with van der Waals surface area (Å²) in [6, 6.07) is 20.4. The number of benzene rings is 2. The van der Waals surface area contributed by atoms with Crippen LogP contribution >= 0.6 is 0 Å². The van der Waals surface area contributed by atoms with Crippen LogP contribution in [0.25, 0.3) is 43.6 Å². The molecule has 0 bridgehead atoms. The molecule has 0 radical (unpaired) electrons. The van der Waals surface area contributed by atoms with Crippen LogP contribution in [0.15, 0.2) is 79.3 Å². The Morgan fingerprint density at radius 3 is 2.21 bits per heavy atom. The first kappa shape index (κ1) is 20.8. The van der Waals surface area contributed by atoms with Gasteiger partial charge in [-0.25, -0.2) is 4.98 Å². The highest BCUT2D eigenvalue weighted by Gasteiger charge is 2.08. The third-order valence-electron chi connectivity index (χ3n) is 5.94. The normalized spacial score (nSPS) is 11.3. The molecule has 2 aromatic carbocycles. The molecular weight excluding hydrogens is 406 g/mol. The summed E-state index contributed by atoms with van der Waals surface area (Å²) in [6.45, 7) is 6.44. The fourth-order valence-electron chi connectivity index (χ4n) is 4.13. The monoisotopic (exact) mass is 431 g/mol. The number of nitrogens with zero attached hydrogens (tertiary/aromatic N) is 4. The smallest absolute Gasteiger partial charge is 0.150 e. The van der Waals surface area contributed by atoms with Crippen molar-refractivity contribution in [3.05, 3.63) is 90.4 Å². The minimum atomic E-state index is 0.498. The van der Waals surface area contributed by atoms with Gasteiger partial charge in [0.15, 0.2) is 5.82 Å². The third-order valence-corrected chi connectivity index (χ3v) is 5.94. The number of fused-ring (bicyclic) bond motifs is 6. The Bertz CT molecular complexity index is 1620. The van der Waals surface area contributed by atoms with E-state index >= 15 is 0 Å². The van der Waals surface area contributed by atoms with Gasteiger partial charge in [-0.2, -0.15) is 0 Å². The molecular formula is C28H25N5. The third kappa shape index (κ3) is 3.82. The zero-order valence-electron chi connectivity index (χ0n) is 18.9. The van der Waals surface area contributed by atoms with Crippen LogP contribution in [0.2, 0.25) is 0 Å². The standard InChI is InChI=1S/C15H14N2.C13H11N3/c1-10(2)11-7-13-12-5-3-4-6-14(12)17-9-15(13)16-8-11;1-8-6-7-15-12-11(8)9-4-2-3-5-10(9)16-13(12)14/h3-10H,1-2H3;2-7H,1H3,(H2,14,16). The molecule has 33 heavy (non-hydrogen) atoms. The highest BCUT2D eigenvalue weighted by molar-refractivity contribution is 6.09. The number of anilines is 1.